The zero-order valence-corrected chi connectivity index (χ0v) is 21.6. The van der Waals surface area contributed by atoms with Crippen molar-refractivity contribution in [3.63, 3.8) is 0 Å². The molecule has 2 aromatic rings. The van der Waals surface area contributed by atoms with Gasteiger partial charge in [0.05, 0.1) is 4.90 Å². The first-order valence-electron chi connectivity index (χ1n) is 13.1. The average molecular weight is 499 g/mol. The third-order valence-corrected chi connectivity index (χ3v) is 9.83. The van der Waals surface area contributed by atoms with E-state index in [4.69, 9.17) is 4.98 Å². The van der Waals surface area contributed by atoms with Crippen molar-refractivity contribution in [2.45, 2.75) is 68.8 Å². The molecule has 3 aliphatic rings. The SMILES string of the molecule is Cc1ccccc1S(=O)(=O)N1CCC(N2CCC(Nc3nccc(N4CCCCCC4)n3)C2)CC1. The van der Waals surface area contributed by atoms with Gasteiger partial charge in [0.2, 0.25) is 16.0 Å². The van der Waals surface area contributed by atoms with E-state index in [1.165, 1.54) is 25.7 Å². The van der Waals surface area contributed by atoms with Crippen LogP contribution in [0.5, 0.6) is 0 Å². The predicted molar refractivity (Wildman–Crippen MR) is 139 cm³/mol. The molecule has 1 atom stereocenters. The highest BCUT2D eigenvalue weighted by molar-refractivity contribution is 7.89. The summed E-state index contributed by atoms with van der Waals surface area (Å²) in [5.74, 6) is 1.75. The minimum atomic E-state index is -3.42. The highest BCUT2D eigenvalue weighted by atomic mass is 32.2. The maximum atomic E-state index is 13.1. The van der Waals surface area contributed by atoms with Crippen LogP contribution in [0.3, 0.4) is 0 Å². The molecule has 0 aliphatic carbocycles. The average Bonchev–Trinajstić information content (AvgIpc) is 3.16. The Kier molecular flexibility index (Phi) is 7.55. The van der Waals surface area contributed by atoms with E-state index in [2.05, 4.69) is 20.1 Å². The molecular weight excluding hydrogens is 460 g/mol. The number of hydrogen-bond acceptors (Lipinski definition) is 7. The van der Waals surface area contributed by atoms with Gasteiger partial charge in [0, 0.05) is 57.5 Å². The number of nitrogens with zero attached hydrogens (tertiary/aromatic N) is 5. The molecular formula is C26H38N6O2S. The third-order valence-electron chi connectivity index (χ3n) is 7.78. The number of anilines is 2. The zero-order valence-electron chi connectivity index (χ0n) is 20.8. The van der Waals surface area contributed by atoms with Crippen LogP contribution >= 0.6 is 0 Å². The Morgan fingerprint density at radius 3 is 2.40 bits per heavy atom. The number of sulfonamides is 1. The van der Waals surface area contributed by atoms with Gasteiger partial charge in [-0.25, -0.2) is 13.4 Å². The fourth-order valence-corrected chi connectivity index (χ4v) is 7.44. The number of hydrogen-bond donors (Lipinski definition) is 1. The van der Waals surface area contributed by atoms with Crippen molar-refractivity contribution < 1.29 is 8.42 Å². The number of piperidine rings is 1. The summed E-state index contributed by atoms with van der Waals surface area (Å²) >= 11 is 0. The van der Waals surface area contributed by atoms with Gasteiger partial charge in [-0.3, -0.25) is 4.90 Å². The van der Waals surface area contributed by atoms with Gasteiger partial charge in [-0.2, -0.15) is 9.29 Å². The Hall–Kier alpha value is -2.23. The quantitative estimate of drug-likeness (QED) is 0.653. The summed E-state index contributed by atoms with van der Waals surface area (Å²) < 4.78 is 27.9. The van der Waals surface area contributed by atoms with Gasteiger partial charge < -0.3 is 10.2 Å². The smallest absolute Gasteiger partial charge is 0.243 e. The Balaban J connectivity index is 1.14. The van der Waals surface area contributed by atoms with Crippen molar-refractivity contribution in [2.75, 3.05) is 49.5 Å². The van der Waals surface area contributed by atoms with Crippen LogP contribution in [0, 0.1) is 6.92 Å². The van der Waals surface area contributed by atoms with Gasteiger partial charge in [0.1, 0.15) is 5.82 Å². The molecule has 0 radical (unpaired) electrons. The third kappa shape index (κ3) is 5.62. The Morgan fingerprint density at radius 1 is 0.914 bits per heavy atom. The van der Waals surface area contributed by atoms with Gasteiger partial charge in [-0.1, -0.05) is 31.0 Å². The molecule has 1 N–H and O–H groups in total. The second kappa shape index (κ2) is 10.8. The van der Waals surface area contributed by atoms with E-state index in [1.807, 2.05) is 31.3 Å². The van der Waals surface area contributed by atoms with Crippen molar-refractivity contribution >= 4 is 21.8 Å². The summed E-state index contributed by atoms with van der Waals surface area (Å²) in [5.41, 5.74) is 0.810. The number of benzene rings is 1. The van der Waals surface area contributed by atoms with Crippen LogP contribution < -0.4 is 10.2 Å². The molecule has 0 bridgehead atoms. The van der Waals surface area contributed by atoms with E-state index in [-0.39, 0.29) is 0 Å². The number of rotatable bonds is 6. The van der Waals surface area contributed by atoms with Crippen LogP contribution in [0.2, 0.25) is 0 Å². The fourth-order valence-electron chi connectivity index (χ4n) is 5.75. The van der Waals surface area contributed by atoms with E-state index < -0.39 is 10.0 Å². The van der Waals surface area contributed by atoms with Crippen LogP contribution in [0.1, 0.15) is 50.5 Å². The van der Waals surface area contributed by atoms with Gasteiger partial charge in [-0.15, -0.1) is 0 Å². The lowest BCUT2D eigenvalue weighted by atomic mass is 10.1. The fraction of sp³-hybridized carbons (Fsp3) is 0.615. The molecule has 0 saturated carbocycles. The molecule has 3 aliphatic heterocycles. The van der Waals surface area contributed by atoms with E-state index >= 15 is 0 Å². The van der Waals surface area contributed by atoms with Crippen molar-refractivity contribution in [3.05, 3.63) is 42.1 Å². The van der Waals surface area contributed by atoms with Crippen LogP contribution in [-0.2, 0) is 10.0 Å². The zero-order chi connectivity index (χ0) is 24.3. The van der Waals surface area contributed by atoms with Crippen molar-refractivity contribution in [2.24, 2.45) is 0 Å². The lowest BCUT2D eigenvalue weighted by Crippen LogP contribution is -2.46. The van der Waals surface area contributed by atoms with E-state index in [9.17, 15) is 8.42 Å². The van der Waals surface area contributed by atoms with Crippen LogP contribution in [0.25, 0.3) is 0 Å². The van der Waals surface area contributed by atoms with Crippen LogP contribution in [0.4, 0.5) is 11.8 Å². The lowest BCUT2D eigenvalue weighted by molar-refractivity contribution is 0.167. The Labute approximate surface area is 209 Å². The van der Waals surface area contributed by atoms with Gasteiger partial charge >= 0.3 is 0 Å². The number of nitrogens with one attached hydrogen (secondary N) is 1. The van der Waals surface area contributed by atoms with Gasteiger partial charge in [-0.05, 0) is 56.7 Å². The van der Waals surface area contributed by atoms with Crippen molar-refractivity contribution in [3.8, 4) is 0 Å². The first kappa shape index (κ1) is 24.5. The molecule has 1 aromatic heterocycles. The molecule has 3 saturated heterocycles. The normalized spacial score (nSPS) is 23.3. The molecule has 190 valence electrons. The molecule has 5 rings (SSSR count). The summed E-state index contributed by atoms with van der Waals surface area (Å²) in [4.78, 5) is 14.7. The number of likely N-dealkylation sites (tertiary alicyclic amines) is 1. The van der Waals surface area contributed by atoms with E-state index in [0.717, 1.165) is 62.8 Å². The molecule has 0 spiro atoms. The molecule has 9 heteroatoms. The summed E-state index contributed by atoms with van der Waals surface area (Å²) in [7, 11) is -3.42. The van der Waals surface area contributed by atoms with Crippen molar-refractivity contribution in [1.29, 1.82) is 0 Å². The summed E-state index contributed by atoms with van der Waals surface area (Å²) in [6.07, 6.45) is 9.75. The highest BCUT2D eigenvalue weighted by Crippen LogP contribution is 2.27. The van der Waals surface area contributed by atoms with E-state index in [0.29, 0.717) is 30.1 Å². The van der Waals surface area contributed by atoms with Crippen LogP contribution in [-0.4, -0.2) is 78.9 Å². The topological polar surface area (TPSA) is 81.7 Å². The van der Waals surface area contributed by atoms with Crippen molar-refractivity contribution in [1.82, 2.24) is 19.2 Å². The first-order valence-corrected chi connectivity index (χ1v) is 14.6. The number of aromatic nitrogens is 2. The van der Waals surface area contributed by atoms with Crippen LogP contribution in [0.15, 0.2) is 41.4 Å². The maximum Gasteiger partial charge on any atom is 0.243 e. The Bertz CT molecular complexity index is 1090. The highest BCUT2D eigenvalue weighted by Gasteiger charge is 2.35. The summed E-state index contributed by atoms with van der Waals surface area (Å²) in [6.45, 7) is 7.15. The number of aryl methyl sites for hydroxylation is 1. The minimum Gasteiger partial charge on any atom is -0.356 e. The standard InChI is InChI=1S/C26H38N6O2S/c1-21-8-4-5-9-24(21)35(33,34)32-18-12-23(13-19-32)31-17-11-22(20-31)28-26-27-14-10-25(29-26)30-15-6-2-3-7-16-30/h4-5,8-10,14,22-23H,2-3,6-7,11-13,15-20H2,1H3,(H,27,28,29). The van der Waals surface area contributed by atoms with Gasteiger partial charge in [0.15, 0.2) is 0 Å². The molecule has 1 aromatic carbocycles. The Morgan fingerprint density at radius 2 is 1.66 bits per heavy atom. The molecule has 3 fully saturated rings. The first-order chi connectivity index (χ1) is 17.0. The second-order valence-corrected chi connectivity index (χ2v) is 12.1. The molecule has 35 heavy (non-hydrogen) atoms. The minimum absolute atomic E-state index is 0.322. The summed E-state index contributed by atoms with van der Waals surface area (Å²) in [5, 5.41) is 3.57. The lowest BCUT2D eigenvalue weighted by Gasteiger charge is -2.36. The largest absolute Gasteiger partial charge is 0.356 e. The molecule has 0 amide bonds. The molecule has 1 unspecified atom stereocenters. The molecule has 8 nitrogen and oxygen atoms in total. The molecule has 4 heterocycles. The monoisotopic (exact) mass is 498 g/mol. The van der Waals surface area contributed by atoms with Gasteiger partial charge in [0.25, 0.3) is 0 Å². The second-order valence-electron chi connectivity index (χ2n) is 10.2. The maximum absolute atomic E-state index is 13.1. The predicted octanol–water partition coefficient (Wildman–Crippen LogP) is 3.50. The summed E-state index contributed by atoms with van der Waals surface area (Å²) in [6, 6.07) is 10.0. The van der Waals surface area contributed by atoms with E-state index in [1.54, 1.807) is 16.4 Å².